The smallest absolute Gasteiger partial charge is 0.249 e. The van der Waals surface area contributed by atoms with Crippen molar-refractivity contribution in [3.8, 4) is 0 Å². The number of aliphatic hydroxyl groups is 7. The molecule has 9 atom stereocenters. The molecule has 1 aliphatic rings. The van der Waals surface area contributed by atoms with Crippen molar-refractivity contribution in [2.24, 2.45) is 0 Å². The topological polar surface area (TPSA) is 189 Å². The third-order valence-electron chi connectivity index (χ3n) is 12.1. The van der Waals surface area contributed by atoms with Crippen LogP contribution >= 0.6 is 0 Å². The van der Waals surface area contributed by atoms with Crippen LogP contribution in [0.15, 0.2) is 12.2 Å². The van der Waals surface area contributed by atoms with Gasteiger partial charge in [-0.05, 0) is 38.5 Å². The highest BCUT2D eigenvalue weighted by Gasteiger charge is 2.44. The van der Waals surface area contributed by atoms with Crippen LogP contribution in [-0.2, 0) is 14.3 Å². The fourth-order valence-corrected chi connectivity index (χ4v) is 7.97. The second-order valence-electron chi connectivity index (χ2n) is 17.5. The molecular formula is C48H93NO10. The summed E-state index contributed by atoms with van der Waals surface area (Å²) in [5.41, 5.74) is 0. The standard InChI is InChI=1S/C48H93NO10/c1-3-5-7-9-11-13-14-15-16-17-18-19-20-21-22-23-24-25-26-27-28-30-32-34-36-41(52)47(57)49-39(38-58-48-46(56)45(55)44(54)42(37-50)59-48)43(53)40(51)35-33-31-29-12-10-8-6-4-2/h12,29,39-46,48,50-56H,3-11,13-28,30-38H2,1-2H3,(H,49,57)/b29-12+. The maximum atomic E-state index is 13.1. The van der Waals surface area contributed by atoms with E-state index in [9.17, 15) is 40.5 Å². The Morgan fingerprint density at radius 2 is 1.00 bits per heavy atom. The molecule has 8 N–H and O–H groups in total. The summed E-state index contributed by atoms with van der Waals surface area (Å²) in [5, 5.41) is 75.4. The molecule has 1 amide bonds. The summed E-state index contributed by atoms with van der Waals surface area (Å²) in [7, 11) is 0. The van der Waals surface area contributed by atoms with Crippen molar-refractivity contribution in [1.82, 2.24) is 5.32 Å². The van der Waals surface area contributed by atoms with E-state index in [0.29, 0.717) is 12.8 Å². The van der Waals surface area contributed by atoms with Crippen LogP contribution in [0.4, 0.5) is 0 Å². The van der Waals surface area contributed by atoms with E-state index in [1.54, 1.807) is 0 Å². The van der Waals surface area contributed by atoms with Gasteiger partial charge in [0.05, 0.1) is 25.4 Å². The highest BCUT2D eigenvalue weighted by atomic mass is 16.7. The minimum Gasteiger partial charge on any atom is -0.394 e. The van der Waals surface area contributed by atoms with Crippen LogP contribution in [0, 0.1) is 0 Å². The molecule has 1 heterocycles. The van der Waals surface area contributed by atoms with Gasteiger partial charge < -0.3 is 50.5 Å². The van der Waals surface area contributed by atoms with Crippen molar-refractivity contribution in [2.45, 2.75) is 274 Å². The van der Waals surface area contributed by atoms with E-state index in [2.05, 4.69) is 31.3 Å². The number of rotatable bonds is 41. The Labute approximate surface area is 360 Å². The minimum absolute atomic E-state index is 0.259. The maximum Gasteiger partial charge on any atom is 0.249 e. The largest absolute Gasteiger partial charge is 0.394 e. The van der Waals surface area contributed by atoms with E-state index < -0.39 is 74.2 Å². The van der Waals surface area contributed by atoms with E-state index in [-0.39, 0.29) is 12.8 Å². The number of aliphatic hydroxyl groups excluding tert-OH is 7. The first-order valence-electron chi connectivity index (χ1n) is 24.6. The summed E-state index contributed by atoms with van der Waals surface area (Å²) < 4.78 is 11.0. The number of carbonyl (C=O) groups excluding carboxylic acids is 1. The second kappa shape index (κ2) is 38.5. The monoisotopic (exact) mass is 844 g/mol. The molecule has 0 spiro atoms. The van der Waals surface area contributed by atoms with Crippen LogP contribution in [0.5, 0.6) is 0 Å². The number of carbonyl (C=O) groups is 1. The van der Waals surface area contributed by atoms with Gasteiger partial charge in [-0.2, -0.15) is 0 Å². The Hall–Kier alpha value is -1.15. The third kappa shape index (κ3) is 28.2. The molecule has 350 valence electrons. The molecule has 1 fully saturated rings. The van der Waals surface area contributed by atoms with Crippen LogP contribution < -0.4 is 5.32 Å². The average molecular weight is 844 g/mol. The molecule has 0 aromatic heterocycles. The van der Waals surface area contributed by atoms with Crippen LogP contribution in [0.3, 0.4) is 0 Å². The lowest BCUT2D eigenvalue weighted by Gasteiger charge is -2.40. The van der Waals surface area contributed by atoms with Gasteiger partial charge >= 0.3 is 0 Å². The van der Waals surface area contributed by atoms with Gasteiger partial charge in [-0.3, -0.25) is 4.79 Å². The number of hydrogen-bond acceptors (Lipinski definition) is 10. The summed E-state index contributed by atoms with van der Waals surface area (Å²) in [4.78, 5) is 13.1. The van der Waals surface area contributed by atoms with E-state index in [4.69, 9.17) is 9.47 Å². The van der Waals surface area contributed by atoms with Crippen LogP contribution in [-0.4, -0.2) is 110 Å². The Kier molecular flexibility index (Phi) is 36.5. The van der Waals surface area contributed by atoms with Crippen molar-refractivity contribution in [2.75, 3.05) is 13.2 Å². The predicted octanol–water partition coefficient (Wildman–Crippen LogP) is 8.45. The lowest BCUT2D eigenvalue weighted by Crippen LogP contribution is -2.60. The van der Waals surface area contributed by atoms with Gasteiger partial charge in [0.2, 0.25) is 5.91 Å². The Morgan fingerprint density at radius 1 is 0.576 bits per heavy atom. The first-order chi connectivity index (χ1) is 28.7. The predicted molar refractivity (Wildman–Crippen MR) is 238 cm³/mol. The van der Waals surface area contributed by atoms with Gasteiger partial charge in [-0.15, -0.1) is 0 Å². The van der Waals surface area contributed by atoms with E-state index in [1.807, 2.05) is 0 Å². The van der Waals surface area contributed by atoms with E-state index in [0.717, 1.165) is 44.9 Å². The minimum atomic E-state index is -1.66. The van der Waals surface area contributed by atoms with Gasteiger partial charge in [-0.1, -0.05) is 193 Å². The summed E-state index contributed by atoms with van der Waals surface area (Å²) in [6, 6.07) is -1.18. The zero-order valence-electron chi connectivity index (χ0n) is 37.7. The quantitative estimate of drug-likeness (QED) is 0.0219. The SMILES string of the molecule is CCCCC/C=C/CCCC(O)C(O)C(COC1OC(CO)C(O)C(O)C1O)NC(=O)C(O)CCCCCCCCCCCCCCCCCCCCCCCCCC. The van der Waals surface area contributed by atoms with Gasteiger partial charge in [0.15, 0.2) is 6.29 Å². The van der Waals surface area contributed by atoms with Crippen molar-refractivity contribution in [3.63, 3.8) is 0 Å². The molecule has 0 aromatic carbocycles. The van der Waals surface area contributed by atoms with Gasteiger partial charge in [0, 0.05) is 0 Å². The number of unbranched alkanes of at least 4 members (excludes halogenated alkanes) is 27. The van der Waals surface area contributed by atoms with Crippen molar-refractivity contribution in [3.05, 3.63) is 12.2 Å². The summed E-state index contributed by atoms with van der Waals surface area (Å²) in [6.07, 6.45) is 30.2. The van der Waals surface area contributed by atoms with E-state index in [1.165, 1.54) is 135 Å². The molecule has 0 bridgehead atoms. The zero-order chi connectivity index (χ0) is 43.4. The molecule has 0 radical (unpaired) electrons. The molecule has 0 saturated carbocycles. The van der Waals surface area contributed by atoms with Crippen molar-refractivity contribution < 1.29 is 50.0 Å². The fraction of sp³-hybridized carbons (Fsp3) is 0.938. The zero-order valence-corrected chi connectivity index (χ0v) is 37.7. The second-order valence-corrected chi connectivity index (χ2v) is 17.5. The highest BCUT2D eigenvalue weighted by molar-refractivity contribution is 5.80. The molecule has 1 rings (SSSR count). The molecule has 9 unspecified atom stereocenters. The Morgan fingerprint density at radius 3 is 1.46 bits per heavy atom. The average Bonchev–Trinajstić information content (AvgIpc) is 3.23. The van der Waals surface area contributed by atoms with Gasteiger partial charge in [0.1, 0.15) is 36.6 Å². The molecule has 59 heavy (non-hydrogen) atoms. The number of allylic oxidation sites excluding steroid dienone is 2. The first kappa shape index (κ1) is 55.9. The Balaban J connectivity index is 2.28. The number of hydrogen-bond donors (Lipinski definition) is 8. The molecule has 1 saturated heterocycles. The van der Waals surface area contributed by atoms with Crippen LogP contribution in [0.2, 0.25) is 0 Å². The first-order valence-corrected chi connectivity index (χ1v) is 24.6. The highest BCUT2D eigenvalue weighted by Crippen LogP contribution is 2.23. The molecule has 11 nitrogen and oxygen atoms in total. The van der Waals surface area contributed by atoms with Crippen LogP contribution in [0.1, 0.15) is 219 Å². The van der Waals surface area contributed by atoms with Gasteiger partial charge in [0.25, 0.3) is 0 Å². The Bertz CT molecular complexity index is 970. The molecule has 11 heteroatoms. The summed E-state index contributed by atoms with van der Waals surface area (Å²) in [5.74, 6) is -0.706. The third-order valence-corrected chi connectivity index (χ3v) is 12.1. The molecular weight excluding hydrogens is 751 g/mol. The lowest BCUT2D eigenvalue weighted by molar-refractivity contribution is -0.303. The molecule has 0 aromatic rings. The number of ether oxygens (including phenoxy) is 2. The number of nitrogens with one attached hydrogen (secondary N) is 1. The van der Waals surface area contributed by atoms with Gasteiger partial charge in [-0.25, -0.2) is 0 Å². The fourth-order valence-electron chi connectivity index (χ4n) is 7.97. The van der Waals surface area contributed by atoms with Crippen LogP contribution in [0.25, 0.3) is 0 Å². The maximum absolute atomic E-state index is 13.1. The normalized spacial score (nSPS) is 21.8. The molecule has 1 aliphatic heterocycles. The number of amides is 1. The van der Waals surface area contributed by atoms with E-state index >= 15 is 0 Å². The van der Waals surface area contributed by atoms with Crippen molar-refractivity contribution >= 4 is 5.91 Å². The summed E-state index contributed by atoms with van der Waals surface area (Å²) in [6.45, 7) is 3.37. The molecule has 0 aliphatic carbocycles. The lowest BCUT2D eigenvalue weighted by atomic mass is 9.98. The summed E-state index contributed by atoms with van der Waals surface area (Å²) >= 11 is 0. The van der Waals surface area contributed by atoms with Crippen molar-refractivity contribution in [1.29, 1.82) is 0 Å².